The Bertz CT molecular complexity index is 3370. The molecule has 0 aliphatic carbocycles. The number of fused-ring (bicyclic) bond motifs is 3. The fraction of sp³-hybridized carbons (Fsp3) is 0.525. The number of imide groups is 1. The maximum absolute atomic E-state index is 14.9. The zero-order chi connectivity index (χ0) is 65.5. The highest BCUT2D eigenvalue weighted by atomic mass is 32.1. The van der Waals surface area contributed by atoms with Crippen molar-refractivity contribution in [2.24, 2.45) is 5.73 Å². The summed E-state index contributed by atoms with van der Waals surface area (Å²) in [6, 6.07) is 11.3. The van der Waals surface area contributed by atoms with E-state index in [1.54, 1.807) is 17.0 Å². The third kappa shape index (κ3) is 17.0. The van der Waals surface area contributed by atoms with E-state index >= 15 is 0 Å². The maximum atomic E-state index is 14.9. The summed E-state index contributed by atoms with van der Waals surface area (Å²) in [5.41, 5.74) is 8.57. The normalized spacial score (nSPS) is 20.8. The summed E-state index contributed by atoms with van der Waals surface area (Å²) < 4.78 is 61.7. The van der Waals surface area contributed by atoms with Crippen molar-refractivity contribution < 1.29 is 70.2 Å². The van der Waals surface area contributed by atoms with Crippen LogP contribution in [0, 0.1) is 5.41 Å². The topological polar surface area (TPSA) is 324 Å². The third-order valence-electron chi connectivity index (χ3n) is 17.3. The van der Waals surface area contributed by atoms with Crippen LogP contribution >= 0.6 is 19.9 Å². The molecule has 91 heavy (non-hydrogen) atoms. The summed E-state index contributed by atoms with van der Waals surface area (Å²) in [5, 5.41) is 24.8. The fourth-order valence-electron chi connectivity index (χ4n) is 12.5. The highest BCUT2D eigenvalue weighted by molar-refractivity contribution is 7.39. The molecule has 492 valence electrons. The zero-order valence-corrected chi connectivity index (χ0v) is 52.5. The molecule has 0 spiro atoms. The lowest BCUT2D eigenvalue weighted by atomic mass is 9.86. The molecule has 9 rings (SSSR count). The quantitative estimate of drug-likeness (QED) is 0.0119. The predicted octanol–water partition coefficient (Wildman–Crippen LogP) is 3.79. The van der Waals surface area contributed by atoms with E-state index in [2.05, 4.69) is 62.1 Å². The van der Waals surface area contributed by atoms with Gasteiger partial charge in [0.25, 0.3) is 18.2 Å². The van der Waals surface area contributed by atoms with Gasteiger partial charge >= 0.3 is 14.7 Å². The van der Waals surface area contributed by atoms with Crippen LogP contribution in [0.2, 0.25) is 0 Å². The van der Waals surface area contributed by atoms with Crippen molar-refractivity contribution in [2.75, 3.05) is 70.8 Å². The molecule has 3 aromatic carbocycles. The number of halogens is 4. The van der Waals surface area contributed by atoms with Gasteiger partial charge in [-0.15, -0.1) is 11.3 Å². The minimum atomic E-state index is -4.09. The summed E-state index contributed by atoms with van der Waals surface area (Å²) in [6.45, 7) is 8.58. The summed E-state index contributed by atoms with van der Waals surface area (Å²) in [5.74, 6) is -4.75. The number of guanidine groups is 1. The molecule has 0 bridgehead atoms. The third-order valence-corrected chi connectivity index (χ3v) is 18.8. The van der Waals surface area contributed by atoms with E-state index in [0.717, 1.165) is 45.8 Å². The molecule has 11 N–H and O–H groups in total. The molecule has 4 saturated heterocycles. The van der Waals surface area contributed by atoms with Gasteiger partial charge in [-0.2, -0.15) is 8.78 Å². The number of alkyl halides is 4. The molecule has 8 amide bonds. The number of amides is 8. The van der Waals surface area contributed by atoms with Crippen molar-refractivity contribution in [3.05, 3.63) is 99.4 Å². The van der Waals surface area contributed by atoms with Crippen LogP contribution in [0.25, 0.3) is 10.1 Å². The molecule has 6 atom stereocenters. The number of rotatable bonds is 24. The van der Waals surface area contributed by atoms with Gasteiger partial charge in [0.05, 0.1) is 17.0 Å². The molecule has 0 radical (unpaired) electrons. The van der Waals surface area contributed by atoms with Gasteiger partial charge < -0.3 is 56.8 Å². The maximum Gasteiger partial charge on any atom is 0.389 e. The molecular formula is C61H78F4N13O11PS. The van der Waals surface area contributed by atoms with E-state index in [1.165, 1.54) is 26.8 Å². The van der Waals surface area contributed by atoms with Crippen LogP contribution in [0.4, 0.5) is 23.2 Å². The highest BCUT2D eigenvalue weighted by Gasteiger charge is 2.47. The average molecular weight is 1310 g/mol. The number of piperidine rings is 1. The van der Waals surface area contributed by atoms with Gasteiger partial charge in [-0.1, -0.05) is 51.1 Å². The van der Waals surface area contributed by atoms with Crippen molar-refractivity contribution in [3.63, 3.8) is 0 Å². The Hall–Kier alpha value is -7.40. The number of carbonyl (C=O) groups excluding carboxylic acids is 8. The lowest BCUT2D eigenvalue weighted by Gasteiger charge is -2.39. The van der Waals surface area contributed by atoms with Gasteiger partial charge in [-0.05, 0) is 110 Å². The van der Waals surface area contributed by atoms with Gasteiger partial charge in [0.2, 0.25) is 35.4 Å². The first-order chi connectivity index (χ1) is 43.2. The Balaban J connectivity index is 0.869. The molecule has 1 aromatic heterocycles. The smallest absolute Gasteiger partial charge is 0.385 e. The second kappa shape index (κ2) is 29.5. The largest absolute Gasteiger partial charge is 0.389 e. The molecule has 24 nitrogen and oxygen atoms in total. The molecule has 4 aromatic rings. The average Bonchev–Trinajstić information content (AvgIpc) is 1.67. The van der Waals surface area contributed by atoms with E-state index < -0.39 is 99.0 Å². The molecule has 4 fully saturated rings. The number of benzene rings is 3. The van der Waals surface area contributed by atoms with Crippen molar-refractivity contribution in [2.45, 2.75) is 139 Å². The van der Waals surface area contributed by atoms with Gasteiger partial charge in [0, 0.05) is 99.3 Å². The minimum Gasteiger partial charge on any atom is -0.385 e. The lowest BCUT2D eigenvalue weighted by Crippen LogP contribution is -2.62. The second-order valence-electron chi connectivity index (χ2n) is 24.6. The number of nitrogens with one attached hydrogen (secondary N) is 7. The predicted molar refractivity (Wildman–Crippen MR) is 331 cm³/mol. The minimum absolute atomic E-state index is 0.00482. The molecule has 5 aliphatic heterocycles. The van der Waals surface area contributed by atoms with Crippen molar-refractivity contribution in [1.29, 1.82) is 5.41 Å². The molecule has 5 aliphatic rings. The van der Waals surface area contributed by atoms with Crippen molar-refractivity contribution >= 4 is 88.9 Å². The molecule has 0 saturated carbocycles. The van der Waals surface area contributed by atoms with Gasteiger partial charge in [-0.25, -0.2) is 13.3 Å². The molecule has 1 unspecified atom stereocenters. The fourth-order valence-corrected chi connectivity index (χ4v) is 13.7. The summed E-state index contributed by atoms with van der Waals surface area (Å²) in [7, 11) is -3.43. The van der Waals surface area contributed by atoms with E-state index in [9.17, 15) is 55.9 Å². The van der Waals surface area contributed by atoms with Gasteiger partial charge in [0.15, 0.2) is 5.96 Å². The molecule has 6 heterocycles. The Kier molecular flexibility index (Phi) is 22.0. The van der Waals surface area contributed by atoms with Crippen LogP contribution < -0.4 is 37.6 Å². The van der Waals surface area contributed by atoms with Crippen LogP contribution in [-0.2, 0) is 57.8 Å². The first kappa shape index (κ1) is 68.0. The van der Waals surface area contributed by atoms with E-state index in [0.29, 0.717) is 56.0 Å². The zero-order valence-electron chi connectivity index (χ0n) is 50.8. The number of nitrogens with two attached hydrogens (primary N) is 1. The van der Waals surface area contributed by atoms with E-state index in [-0.39, 0.29) is 117 Å². The summed E-state index contributed by atoms with van der Waals surface area (Å²) >= 11 is 0.892. The van der Waals surface area contributed by atoms with Gasteiger partial charge in [0.1, 0.15) is 30.2 Å². The van der Waals surface area contributed by atoms with Crippen LogP contribution in [0.3, 0.4) is 0 Å². The van der Waals surface area contributed by atoms with Crippen LogP contribution in [0.5, 0.6) is 0 Å². The Morgan fingerprint density at radius 1 is 0.868 bits per heavy atom. The molecule has 30 heteroatoms. The number of thiophene rings is 1. The number of hydrogen-bond acceptors (Lipinski definition) is 16. The van der Waals surface area contributed by atoms with E-state index in [4.69, 9.17) is 20.9 Å². The summed E-state index contributed by atoms with van der Waals surface area (Å²) in [6.07, 6.45) is -4.87. The van der Waals surface area contributed by atoms with Gasteiger partial charge in [-0.3, -0.25) is 58.9 Å². The number of carbonyl (C=O) groups is 8. The first-order valence-electron chi connectivity index (χ1n) is 30.4. The lowest BCUT2D eigenvalue weighted by molar-refractivity contribution is -0.189. The monoisotopic (exact) mass is 1310 g/mol. The highest BCUT2D eigenvalue weighted by Crippen LogP contribution is 2.43. The van der Waals surface area contributed by atoms with Crippen molar-refractivity contribution in [1.82, 2.24) is 51.1 Å². The Morgan fingerprint density at radius 2 is 1.60 bits per heavy atom. The van der Waals surface area contributed by atoms with E-state index in [1.807, 2.05) is 30.3 Å². The number of anilines is 1. The standard InChI is InChI=1S/C61H78F4N13O11PS/c1-60(2,3)37-12-10-35(11-13-37)29-44(57(85)76-27-25-74(26-28-76)23-6-22-68-42-8-4-7-40-41(42)32-77(56(40)84)46-17-19-51(79)73-53(46)81)71-52(80)43(9-5-21-69-59(66)67)70-54(82)47-16-15-39-20-24-75(34-50(62)63)33-45(58(86)78(39)47)72-55(83)49-31-36-30-38(14-18-48(36)91-49)61(64,65)89-90(87)88/h4,7-8,10-14,18,30-31,39,43-47,50,68,87-88H,5-6,9,15-17,19-29,32-34H2,1-3H3,(H,70,82)(H,71,80)(H,72,83)(H4,66,67,69)(H,73,79,81)/t39-,43+,44+,45+,46?,47+/m1/s1. The second-order valence-corrected chi connectivity index (χ2v) is 26.4. The van der Waals surface area contributed by atoms with Crippen LogP contribution in [0.15, 0.2) is 66.7 Å². The Morgan fingerprint density at radius 3 is 2.30 bits per heavy atom. The van der Waals surface area contributed by atoms with Crippen LogP contribution in [0.1, 0.15) is 114 Å². The SMILES string of the molecule is CC(C)(C)c1ccc(C[C@H](NC(=O)[C@H](CCCNC(=N)N)NC(=O)[C@@H]2CC[C@@H]3CCN(CC(F)F)C[C@H](NC(=O)c4cc5cc(C(F)(F)OP(O)O)ccc5s4)C(=O)N32)C(=O)N2CCN(CCCNc3cccc4c3CN(C3CCC(=O)NC3=O)C4=O)CC2)cc1. The first-order valence-corrected chi connectivity index (χ1v) is 32.4. The number of piperazine rings is 1. The number of nitrogens with zero attached hydrogens (tertiary/aromatic N) is 5. The Labute approximate surface area is 528 Å². The van der Waals surface area contributed by atoms with Crippen molar-refractivity contribution in [3.8, 4) is 0 Å². The number of hydrogen-bond donors (Lipinski definition) is 10. The molecular weight excluding hydrogens is 1230 g/mol. The van der Waals surface area contributed by atoms with Crippen LogP contribution in [-0.4, -0.2) is 196 Å². The summed E-state index contributed by atoms with van der Waals surface area (Å²) in [4.78, 5) is 137.